The zero-order chi connectivity index (χ0) is 9.14. The van der Waals surface area contributed by atoms with Crippen molar-refractivity contribution in [2.75, 3.05) is 14.1 Å². The van der Waals surface area contributed by atoms with E-state index in [1.54, 1.807) is 12.2 Å². The third kappa shape index (κ3) is 1.78. The van der Waals surface area contributed by atoms with Gasteiger partial charge in [-0.25, -0.2) is 0 Å². The number of likely N-dealkylation sites (N-methyl/N-ethyl adjacent to an activating group) is 1. The zero-order valence-electron chi connectivity index (χ0n) is 7.15. The molecule has 4 heteroatoms. The maximum absolute atomic E-state index is 10.7. The Morgan fingerprint density at radius 3 is 2.83 bits per heavy atom. The molecule has 1 rings (SSSR count). The van der Waals surface area contributed by atoms with Gasteiger partial charge in [-0.1, -0.05) is 0 Å². The molecular weight excluding hydrogens is 156 g/mol. The summed E-state index contributed by atoms with van der Waals surface area (Å²) in [5.74, 6) is -0.473. The van der Waals surface area contributed by atoms with Gasteiger partial charge in [-0.3, -0.25) is 4.79 Å². The SMILES string of the molecule is CN(C)C1=CC(C(N)=O)OC=C1. The van der Waals surface area contributed by atoms with Gasteiger partial charge in [-0.2, -0.15) is 0 Å². The lowest BCUT2D eigenvalue weighted by Crippen LogP contribution is -2.30. The molecule has 0 radical (unpaired) electrons. The van der Waals surface area contributed by atoms with E-state index >= 15 is 0 Å². The standard InChI is InChI=1S/C8H12N2O2/c1-10(2)6-3-4-12-7(5-6)8(9)11/h3-5,7H,1-2H3,(H2,9,11). The van der Waals surface area contributed by atoms with Crippen molar-refractivity contribution in [2.45, 2.75) is 6.10 Å². The summed E-state index contributed by atoms with van der Waals surface area (Å²) >= 11 is 0. The molecule has 0 aliphatic carbocycles. The number of allylic oxidation sites excluding steroid dienone is 1. The number of amides is 1. The molecular formula is C8H12N2O2. The van der Waals surface area contributed by atoms with Crippen LogP contribution in [0.15, 0.2) is 24.1 Å². The number of carbonyl (C=O) groups excluding carboxylic acids is 1. The molecule has 2 N–H and O–H groups in total. The Labute approximate surface area is 71.3 Å². The topological polar surface area (TPSA) is 55.6 Å². The fraction of sp³-hybridized carbons (Fsp3) is 0.375. The highest BCUT2D eigenvalue weighted by Crippen LogP contribution is 2.10. The van der Waals surface area contributed by atoms with Crippen LogP contribution in [0.25, 0.3) is 0 Å². The quantitative estimate of drug-likeness (QED) is 0.622. The molecule has 1 heterocycles. The summed E-state index contributed by atoms with van der Waals surface area (Å²) < 4.78 is 4.96. The van der Waals surface area contributed by atoms with Gasteiger partial charge in [0, 0.05) is 19.8 Å². The van der Waals surface area contributed by atoms with Gasteiger partial charge < -0.3 is 15.4 Å². The van der Waals surface area contributed by atoms with E-state index in [4.69, 9.17) is 10.5 Å². The number of nitrogens with zero attached hydrogens (tertiary/aromatic N) is 1. The van der Waals surface area contributed by atoms with Crippen molar-refractivity contribution in [1.29, 1.82) is 0 Å². The van der Waals surface area contributed by atoms with E-state index in [9.17, 15) is 4.79 Å². The van der Waals surface area contributed by atoms with E-state index in [-0.39, 0.29) is 0 Å². The summed E-state index contributed by atoms with van der Waals surface area (Å²) in [6.07, 6.45) is 4.30. The summed E-state index contributed by atoms with van der Waals surface area (Å²) in [5, 5.41) is 0. The second-order valence-electron chi connectivity index (χ2n) is 2.75. The maximum Gasteiger partial charge on any atom is 0.262 e. The third-order valence-electron chi connectivity index (χ3n) is 1.58. The number of hydrogen-bond acceptors (Lipinski definition) is 3. The van der Waals surface area contributed by atoms with Crippen molar-refractivity contribution < 1.29 is 9.53 Å². The lowest BCUT2D eigenvalue weighted by atomic mass is 10.2. The molecule has 0 bridgehead atoms. The van der Waals surface area contributed by atoms with Gasteiger partial charge in [0.15, 0.2) is 6.10 Å². The Hall–Kier alpha value is -1.45. The monoisotopic (exact) mass is 168 g/mol. The molecule has 1 atom stereocenters. The van der Waals surface area contributed by atoms with Crippen LogP contribution in [0.1, 0.15) is 0 Å². The molecule has 0 saturated carbocycles. The van der Waals surface area contributed by atoms with Crippen LogP contribution in [0.4, 0.5) is 0 Å². The lowest BCUT2D eigenvalue weighted by Gasteiger charge is -2.20. The molecule has 0 saturated heterocycles. The van der Waals surface area contributed by atoms with E-state index in [0.29, 0.717) is 0 Å². The molecule has 0 spiro atoms. The van der Waals surface area contributed by atoms with Crippen LogP contribution in [-0.2, 0) is 9.53 Å². The van der Waals surface area contributed by atoms with E-state index in [1.807, 2.05) is 19.0 Å². The Balaban J connectivity index is 2.75. The van der Waals surface area contributed by atoms with Crippen molar-refractivity contribution in [3.63, 3.8) is 0 Å². The summed E-state index contributed by atoms with van der Waals surface area (Å²) in [6.45, 7) is 0. The van der Waals surface area contributed by atoms with Gasteiger partial charge in [0.2, 0.25) is 0 Å². The molecule has 4 nitrogen and oxygen atoms in total. The molecule has 0 fully saturated rings. The molecule has 0 aromatic carbocycles. The fourth-order valence-corrected chi connectivity index (χ4v) is 0.891. The second-order valence-corrected chi connectivity index (χ2v) is 2.75. The minimum Gasteiger partial charge on any atom is -0.484 e. The highest BCUT2D eigenvalue weighted by molar-refractivity contribution is 5.81. The van der Waals surface area contributed by atoms with E-state index in [2.05, 4.69) is 0 Å². The van der Waals surface area contributed by atoms with Gasteiger partial charge in [0.05, 0.1) is 6.26 Å². The first-order valence-electron chi connectivity index (χ1n) is 3.61. The van der Waals surface area contributed by atoms with Gasteiger partial charge in [-0.15, -0.1) is 0 Å². The molecule has 0 aromatic rings. The first-order chi connectivity index (χ1) is 5.61. The summed E-state index contributed by atoms with van der Waals surface area (Å²) in [7, 11) is 3.78. The van der Waals surface area contributed by atoms with Crippen molar-refractivity contribution in [1.82, 2.24) is 4.90 Å². The van der Waals surface area contributed by atoms with Crippen LogP contribution in [0, 0.1) is 0 Å². The highest BCUT2D eigenvalue weighted by atomic mass is 16.5. The number of nitrogens with two attached hydrogens (primary N) is 1. The van der Waals surface area contributed by atoms with Crippen LogP contribution in [0.3, 0.4) is 0 Å². The van der Waals surface area contributed by atoms with E-state index in [1.165, 1.54) is 6.26 Å². The Kier molecular flexibility index (Phi) is 2.38. The van der Waals surface area contributed by atoms with Crippen LogP contribution in [-0.4, -0.2) is 31.0 Å². The predicted molar refractivity (Wildman–Crippen MR) is 45.0 cm³/mol. The van der Waals surface area contributed by atoms with Crippen LogP contribution >= 0.6 is 0 Å². The second kappa shape index (κ2) is 3.30. The zero-order valence-corrected chi connectivity index (χ0v) is 7.15. The number of carbonyl (C=O) groups is 1. The summed E-state index contributed by atoms with van der Waals surface area (Å²) in [4.78, 5) is 12.6. The first-order valence-corrected chi connectivity index (χ1v) is 3.61. The van der Waals surface area contributed by atoms with Crippen LogP contribution in [0.5, 0.6) is 0 Å². The largest absolute Gasteiger partial charge is 0.484 e. The van der Waals surface area contributed by atoms with Gasteiger partial charge in [0.1, 0.15) is 0 Å². The van der Waals surface area contributed by atoms with Crippen LogP contribution < -0.4 is 5.73 Å². The minimum atomic E-state index is -0.632. The molecule has 1 aliphatic heterocycles. The number of hydrogen-bond donors (Lipinski definition) is 1. The van der Waals surface area contributed by atoms with E-state index in [0.717, 1.165) is 5.70 Å². The fourth-order valence-electron chi connectivity index (χ4n) is 0.891. The van der Waals surface area contributed by atoms with Crippen molar-refractivity contribution in [2.24, 2.45) is 5.73 Å². The van der Waals surface area contributed by atoms with Gasteiger partial charge >= 0.3 is 0 Å². The highest BCUT2D eigenvalue weighted by Gasteiger charge is 2.16. The average Bonchev–Trinajstić information content (AvgIpc) is 2.04. The maximum atomic E-state index is 10.7. The van der Waals surface area contributed by atoms with E-state index < -0.39 is 12.0 Å². The molecule has 1 amide bonds. The molecule has 1 aliphatic rings. The number of primary amides is 1. The first kappa shape index (κ1) is 8.64. The molecule has 12 heavy (non-hydrogen) atoms. The van der Waals surface area contributed by atoms with Crippen molar-refractivity contribution in [3.05, 3.63) is 24.1 Å². The number of ether oxygens (including phenoxy) is 1. The van der Waals surface area contributed by atoms with Gasteiger partial charge in [-0.05, 0) is 12.2 Å². The normalized spacial score (nSPS) is 21.2. The summed E-state index contributed by atoms with van der Waals surface area (Å²) in [5.41, 5.74) is 5.99. The number of rotatable bonds is 2. The minimum absolute atomic E-state index is 0.473. The van der Waals surface area contributed by atoms with Crippen molar-refractivity contribution >= 4 is 5.91 Å². The van der Waals surface area contributed by atoms with Gasteiger partial charge in [0.25, 0.3) is 5.91 Å². The molecule has 1 unspecified atom stereocenters. The smallest absolute Gasteiger partial charge is 0.262 e. The Morgan fingerprint density at radius 1 is 1.67 bits per heavy atom. The molecule has 66 valence electrons. The Morgan fingerprint density at radius 2 is 2.33 bits per heavy atom. The average molecular weight is 168 g/mol. The lowest BCUT2D eigenvalue weighted by molar-refractivity contribution is -0.124. The summed E-state index contributed by atoms with van der Waals surface area (Å²) in [6, 6.07) is 0. The Bertz CT molecular complexity index is 243. The van der Waals surface area contributed by atoms with Crippen LogP contribution in [0.2, 0.25) is 0 Å². The predicted octanol–water partition coefficient (Wildman–Crippen LogP) is -0.170. The molecule has 0 aromatic heterocycles. The van der Waals surface area contributed by atoms with Crippen molar-refractivity contribution in [3.8, 4) is 0 Å². The third-order valence-corrected chi connectivity index (χ3v) is 1.58.